The second kappa shape index (κ2) is 11.1. The maximum Gasteiger partial charge on any atom is 0.229 e. The van der Waals surface area contributed by atoms with Gasteiger partial charge in [0.1, 0.15) is 23.1 Å². The lowest BCUT2D eigenvalue weighted by molar-refractivity contribution is -0.105. The number of nitrogens with one attached hydrogen (secondary N) is 2. The van der Waals surface area contributed by atoms with E-state index in [4.69, 9.17) is 14.5 Å². The lowest BCUT2D eigenvalue weighted by Crippen LogP contribution is -2.29. The van der Waals surface area contributed by atoms with Gasteiger partial charge in [0.2, 0.25) is 12.4 Å². The number of anilines is 4. The molecule has 2 aromatic heterocycles. The Labute approximate surface area is 216 Å². The topological polar surface area (TPSA) is 110 Å². The lowest BCUT2D eigenvalue weighted by Gasteiger charge is -2.25. The Bertz CT molecular complexity index is 1400. The predicted octanol–water partition coefficient (Wildman–Crippen LogP) is 3.45. The largest absolute Gasteiger partial charge is 0.497 e. The number of nitrogens with zero attached hydrogens (tertiary/aromatic N) is 6. The molecule has 0 saturated carbocycles. The fourth-order valence-electron chi connectivity index (χ4n) is 4.05. The molecule has 37 heavy (non-hydrogen) atoms. The molecule has 1 amide bonds. The summed E-state index contributed by atoms with van der Waals surface area (Å²) < 4.78 is 13.0. The number of hydrogen-bond acceptors (Lipinski definition) is 9. The van der Waals surface area contributed by atoms with E-state index in [0.29, 0.717) is 35.3 Å². The van der Waals surface area contributed by atoms with E-state index in [1.807, 2.05) is 69.0 Å². The molecule has 2 N–H and O–H groups in total. The van der Waals surface area contributed by atoms with Crippen molar-refractivity contribution >= 4 is 40.5 Å². The van der Waals surface area contributed by atoms with Crippen LogP contribution in [0.2, 0.25) is 0 Å². The quantitative estimate of drug-likeness (QED) is 0.297. The van der Waals surface area contributed by atoms with E-state index in [2.05, 4.69) is 30.4 Å². The van der Waals surface area contributed by atoms with Gasteiger partial charge in [-0.1, -0.05) is 0 Å². The maximum atomic E-state index is 11.4. The second-order valence-electron chi connectivity index (χ2n) is 8.77. The number of ether oxygens (including phenoxy) is 2. The van der Waals surface area contributed by atoms with Crippen molar-refractivity contribution in [3.05, 3.63) is 48.4 Å². The molecule has 2 heterocycles. The highest BCUT2D eigenvalue weighted by Crippen LogP contribution is 2.37. The molecule has 0 saturated heterocycles. The standard InChI is InChI=1S/C26H32N8O3/c1-17-29-20-13-18(36-5)7-8-22(20)34(17)25-9-10-27-26(31-25)30-21-14-19(28-16-35)23(15-24(21)37-6)33(4)12-11-32(2)3/h7-10,13-16H,11-12H2,1-6H3,(H,28,35)(H,27,30,31). The summed E-state index contributed by atoms with van der Waals surface area (Å²) in [7, 11) is 9.24. The highest BCUT2D eigenvalue weighted by atomic mass is 16.5. The number of benzene rings is 2. The molecule has 11 heteroatoms. The van der Waals surface area contributed by atoms with Crippen LogP contribution in [0, 0.1) is 6.92 Å². The molecule has 4 rings (SSSR count). The fourth-order valence-corrected chi connectivity index (χ4v) is 4.05. The Morgan fingerprint density at radius 3 is 2.51 bits per heavy atom. The molecule has 0 radical (unpaired) electrons. The van der Waals surface area contributed by atoms with Crippen molar-refractivity contribution in [2.24, 2.45) is 0 Å². The first kappa shape index (κ1) is 25.7. The van der Waals surface area contributed by atoms with E-state index in [-0.39, 0.29) is 0 Å². The number of aromatic nitrogens is 4. The number of imidazole rings is 1. The first-order valence-corrected chi connectivity index (χ1v) is 11.8. The van der Waals surface area contributed by atoms with Crippen LogP contribution in [0.15, 0.2) is 42.6 Å². The van der Waals surface area contributed by atoms with Crippen LogP contribution in [0.1, 0.15) is 5.82 Å². The number of rotatable bonds is 11. The van der Waals surface area contributed by atoms with Crippen molar-refractivity contribution in [3.63, 3.8) is 0 Å². The van der Waals surface area contributed by atoms with Crippen LogP contribution < -0.4 is 25.0 Å². The smallest absolute Gasteiger partial charge is 0.229 e. The zero-order chi connectivity index (χ0) is 26.5. The molecule has 0 aliphatic heterocycles. The van der Waals surface area contributed by atoms with Gasteiger partial charge in [0, 0.05) is 38.5 Å². The van der Waals surface area contributed by atoms with Gasteiger partial charge < -0.3 is 29.9 Å². The Morgan fingerprint density at radius 2 is 1.81 bits per heavy atom. The maximum absolute atomic E-state index is 11.4. The molecule has 0 bridgehead atoms. The number of likely N-dealkylation sites (N-methyl/N-ethyl adjacent to an activating group) is 2. The predicted molar refractivity (Wildman–Crippen MR) is 146 cm³/mol. The van der Waals surface area contributed by atoms with E-state index >= 15 is 0 Å². The van der Waals surface area contributed by atoms with Gasteiger partial charge in [-0.15, -0.1) is 0 Å². The van der Waals surface area contributed by atoms with Crippen LogP contribution in [0.25, 0.3) is 16.9 Å². The van der Waals surface area contributed by atoms with E-state index < -0.39 is 0 Å². The molecular weight excluding hydrogens is 472 g/mol. The summed E-state index contributed by atoms with van der Waals surface area (Å²) in [5.41, 5.74) is 3.81. The lowest BCUT2D eigenvalue weighted by atomic mass is 10.2. The highest BCUT2D eigenvalue weighted by Gasteiger charge is 2.16. The molecule has 2 aromatic carbocycles. The first-order valence-electron chi connectivity index (χ1n) is 11.8. The van der Waals surface area contributed by atoms with Crippen molar-refractivity contribution < 1.29 is 14.3 Å². The van der Waals surface area contributed by atoms with E-state index in [9.17, 15) is 4.79 Å². The number of aryl methyl sites for hydroxylation is 1. The van der Waals surface area contributed by atoms with Gasteiger partial charge >= 0.3 is 0 Å². The van der Waals surface area contributed by atoms with Gasteiger partial charge in [-0.05, 0) is 45.3 Å². The van der Waals surface area contributed by atoms with Gasteiger partial charge in [-0.25, -0.2) is 9.97 Å². The SMILES string of the molecule is COc1ccc2c(c1)nc(C)n2-c1ccnc(Nc2cc(NC=O)c(N(C)CCN(C)C)cc2OC)n1. The average molecular weight is 505 g/mol. The zero-order valence-electron chi connectivity index (χ0n) is 21.9. The average Bonchev–Trinajstić information content (AvgIpc) is 3.22. The molecule has 194 valence electrons. The summed E-state index contributed by atoms with van der Waals surface area (Å²) in [6, 6.07) is 11.3. The number of amides is 1. The Hall–Kier alpha value is -4.38. The fraction of sp³-hybridized carbons (Fsp3) is 0.308. The van der Waals surface area contributed by atoms with Crippen molar-refractivity contribution in [1.82, 2.24) is 24.4 Å². The first-order chi connectivity index (χ1) is 17.8. The molecule has 0 spiro atoms. The van der Waals surface area contributed by atoms with Gasteiger partial charge in [-0.2, -0.15) is 4.98 Å². The van der Waals surface area contributed by atoms with Crippen LogP contribution >= 0.6 is 0 Å². The van der Waals surface area contributed by atoms with Gasteiger partial charge in [-0.3, -0.25) is 9.36 Å². The minimum atomic E-state index is 0.372. The van der Waals surface area contributed by atoms with Crippen molar-refractivity contribution in [2.45, 2.75) is 6.92 Å². The van der Waals surface area contributed by atoms with Crippen LogP contribution in [0.5, 0.6) is 11.5 Å². The number of hydrogen-bond donors (Lipinski definition) is 2. The van der Waals surface area contributed by atoms with Crippen LogP contribution in [-0.4, -0.2) is 79.3 Å². The minimum Gasteiger partial charge on any atom is -0.497 e. The summed E-state index contributed by atoms with van der Waals surface area (Å²) in [5.74, 6) is 3.15. The third-order valence-electron chi connectivity index (χ3n) is 5.97. The molecule has 11 nitrogen and oxygen atoms in total. The number of carbonyl (C=O) groups excluding carboxylic acids is 1. The summed E-state index contributed by atoms with van der Waals surface area (Å²) >= 11 is 0. The molecule has 0 unspecified atom stereocenters. The summed E-state index contributed by atoms with van der Waals surface area (Å²) in [5, 5.41) is 6.04. The molecule has 0 atom stereocenters. The second-order valence-corrected chi connectivity index (χ2v) is 8.77. The van der Waals surface area contributed by atoms with E-state index in [1.54, 1.807) is 20.4 Å². The molecule has 0 aliphatic carbocycles. The number of methoxy groups -OCH3 is 2. The molecule has 0 aliphatic rings. The number of fused-ring (bicyclic) bond motifs is 1. The molecule has 4 aromatic rings. The van der Waals surface area contributed by atoms with Gasteiger partial charge in [0.15, 0.2) is 0 Å². The third-order valence-corrected chi connectivity index (χ3v) is 5.97. The summed E-state index contributed by atoms with van der Waals surface area (Å²) in [4.78, 5) is 29.3. The third kappa shape index (κ3) is 5.56. The number of carbonyl (C=O) groups is 1. The molecular formula is C26H32N8O3. The van der Waals surface area contributed by atoms with Gasteiger partial charge in [0.05, 0.1) is 42.3 Å². The Balaban J connectivity index is 1.69. The minimum absolute atomic E-state index is 0.372. The Morgan fingerprint density at radius 1 is 1.00 bits per heavy atom. The van der Waals surface area contributed by atoms with Crippen molar-refractivity contribution in [3.8, 4) is 17.3 Å². The normalized spacial score (nSPS) is 11.0. The van der Waals surface area contributed by atoms with Crippen LogP contribution in [-0.2, 0) is 4.79 Å². The van der Waals surface area contributed by atoms with Crippen LogP contribution in [0.4, 0.5) is 23.0 Å². The van der Waals surface area contributed by atoms with Gasteiger partial charge in [0.25, 0.3) is 0 Å². The van der Waals surface area contributed by atoms with Crippen molar-refractivity contribution in [1.29, 1.82) is 0 Å². The summed E-state index contributed by atoms with van der Waals surface area (Å²) in [6.45, 7) is 3.55. The van der Waals surface area contributed by atoms with E-state index in [0.717, 1.165) is 41.4 Å². The Kier molecular flexibility index (Phi) is 7.73. The zero-order valence-corrected chi connectivity index (χ0v) is 21.9. The van der Waals surface area contributed by atoms with Crippen LogP contribution in [0.3, 0.4) is 0 Å². The highest BCUT2D eigenvalue weighted by molar-refractivity contribution is 5.87. The monoisotopic (exact) mass is 504 g/mol. The summed E-state index contributed by atoms with van der Waals surface area (Å²) in [6.07, 6.45) is 2.34. The van der Waals surface area contributed by atoms with E-state index in [1.165, 1.54) is 0 Å². The molecule has 0 fully saturated rings. The van der Waals surface area contributed by atoms with Crippen molar-refractivity contribution in [2.75, 3.05) is 64.0 Å².